The van der Waals surface area contributed by atoms with Gasteiger partial charge in [-0.2, -0.15) is 0 Å². The number of rotatable bonds is 2. The lowest BCUT2D eigenvalue weighted by molar-refractivity contribution is 1.16. The first-order valence-electron chi connectivity index (χ1n) is 5.46. The fraction of sp³-hybridized carbons (Fsp3) is 0.286. The average molecular weight is 330 g/mol. The van der Waals surface area contributed by atoms with Crippen LogP contribution in [0, 0.1) is 20.8 Å². The van der Waals surface area contributed by atoms with Crippen molar-refractivity contribution in [3.8, 4) is 0 Å². The predicted molar refractivity (Wildman–Crippen MR) is 80.8 cm³/mol. The lowest BCUT2D eigenvalue weighted by Crippen LogP contribution is -1.94. The van der Waals surface area contributed by atoms with Gasteiger partial charge in [0, 0.05) is 4.88 Å². The van der Waals surface area contributed by atoms with Crippen LogP contribution in [0.4, 0.5) is 0 Å². The third kappa shape index (κ3) is 2.75. The minimum absolute atomic E-state index is 0.235. The van der Waals surface area contributed by atoms with Crippen molar-refractivity contribution in [2.75, 3.05) is 0 Å². The number of alkyl halides is 1. The average Bonchev–Trinajstić information content (AvgIpc) is 2.62. The monoisotopic (exact) mass is 328 g/mol. The molecule has 0 bridgehead atoms. The van der Waals surface area contributed by atoms with Gasteiger partial charge in [-0.05, 0) is 43.5 Å². The van der Waals surface area contributed by atoms with E-state index >= 15 is 0 Å². The van der Waals surface area contributed by atoms with E-state index in [0.29, 0.717) is 0 Å². The minimum atomic E-state index is 0.235. The van der Waals surface area contributed by atoms with Crippen molar-refractivity contribution in [1.82, 2.24) is 0 Å². The van der Waals surface area contributed by atoms with E-state index < -0.39 is 0 Å². The topological polar surface area (TPSA) is 0 Å². The van der Waals surface area contributed by atoms with Gasteiger partial charge >= 0.3 is 0 Å². The maximum atomic E-state index is 6.13. The number of halogens is 2. The van der Waals surface area contributed by atoms with Gasteiger partial charge < -0.3 is 0 Å². The molecule has 1 aromatic heterocycles. The molecule has 0 spiro atoms. The number of hydrogen-bond donors (Lipinski definition) is 0. The number of thiophene rings is 1. The Labute approximate surface area is 120 Å². The summed E-state index contributed by atoms with van der Waals surface area (Å²) in [5, 5.41) is 0. The SMILES string of the molecule is Cc1ccc(C)c(C(Br)c2cc(C)c(Cl)s2)c1. The molecule has 2 rings (SSSR count). The van der Waals surface area contributed by atoms with Crippen molar-refractivity contribution in [3.05, 3.63) is 55.7 Å². The van der Waals surface area contributed by atoms with E-state index in [9.17, 15) is 0 Å². The number of aryl methyl sites for hydroxylation is 3. The second kappa shape index (κ2) is 5.13. The smallest absolute Gasteiger partial charge is 0.0960 e. The Bertz CT molecular complexity index is 526. The highest BCUT2D eigenvalue weighted by Crippen LogP contribution is 2.40. The lowest BCUT2D eigenvalue weighted by Gasteiger charge is -2.12. The Morgan fingerprint density at radius 1 is 1.12 bits per heavy atom. The highest BCUT2D eigenvalue weighted by Gasteiger charge is 2.16. The van der Waals surface area contributed by atoms with Gasteiger partial charge in [-0.3, -0.25) is 0 Å². The molecule has 0 N–H and O–H groups in total. The molecular weight excluding hydrogens is 316 g/mol. The van der Waals surface area contributed by atoms with Crippen molar-refractivity contribution >= 4 is 38.9 Å². The summed E-state index contributed by atoms with van der Waals surface area (Å²) in [5.74, 6) is 0. The molecule has 1 aromatic carbocycles. The zero-order chi connectivity index (χ0) is 12.6. The molecule has 2 aromatic rings. The first-order valence-corrected chi connectivity index (χ1v) is 7.57. The first-order chi connectivity index (χ1) is 7.99. The largest absolute Gasteiger partial charge is 0.127 e. The molecular formula is C14H14BrClS. The Morgan fingerprint density at radius 3 is 2.41 bits per heavy atom. The standard InChI is InChI=1S/C14H14BrClS/c1-8-4-5-9(2)11(6-8)13(15)12-7-10(3)14(16)17-12/h4-7,13H,1-3H3. The van der Waals surface area contributed by atoms with Crippen molar-refractivity contribution in [2.45, 2.75) is 25.6 Å². The van der Waals surface area contributed by atoms with Crippen molar-refractivity contribution in [3.63, 3.8) is 0 Å². The summed E-state index contributed by atoms with van der Waals surface area (Å²) in [4.78, 5) is 1.50. The molecule has 90 valence electrons. The van der Waals surface area contributed by atoms with Gasteiger partial charge in [-0.15, -0.1) is 11.3 Å². The van der Waals surface area contributed by atoms with Crippen LogP contribution in [-0.2, 0) is 0 Å². The first kappa shape index (κ1) is 13.1. The summed E-state index contributed by atoms with van der Waals surface area (Å²) in [7, 11) is 0. The van der Waals surface area contributed by atoms with Crippen LogP contribution in [0.1, 0.15) is 32.0 Å². The molecule has 0 amide bonds. The third-order valence-electron chi connectivity index (χ3n) is 2.83. The number of hydrogen-bond acceptors (Lipinski definition) is 1. The van der Waals surface area contributed by atoms with Crippen LogP contribution in [0.5, 0.6) is 0 Å². The summed E-state index contributed by atoms with van der Waals surface area (Å²) in [6, 6.07) is 8.71. The Balaban J connectivity index is 2.42. The molecule has 0 fully saturated rings. The highest BCUT2D eigenvalue weighted by atomic mass is 79.9. The van der Waals surface area contributed by atoms with Gasteiger partial charge in [0.05, 0.1) is 9.16 Å². The molecule has 0 nitrogen and oxygen atoms in total. The zero-order valence-corrected chi connectivity index (χ0v) is 13.2. The molecule has 0 aliphatic carbocycles. The van der Waals surface area contributed by atoms with Crippen molar-refractivity contribution in [2.24, 2.45) is 0 Å². The fourth-order valence-electron chi connectivity index (χ4n) is 1.79. The maximum absolute atomic E-state index is 6.13. The van der Waals surface area contributed by atoms with Crippen LogP contribution in [0.3, 0.4) is 0 Å². The van der Waals surface area contributed by atoms with Crippen LogP contribution in [0.2, 0.25) is 4.34 Å². The quantitative estimate of drug-likeness (QED) is 0.610. The van der Waals surface area contributed by atoms with E-state index in [-0.39, 0.29) is 4.83 Å². The summed E-state index contributed by atoms with van der Waals surface area (Å²) < 4.78 is 0.884. The maximum Gasteiger partial charge on any atom is 0.0960 e. The van der Waals surface area contributed by atoms with E-state index in [1.54, 1.807) is 11.3 Å². The normalized spacial score (nSPS) is 12.8. The van der Waals surface area contributed by atoms with Crippen molar-refractivity contribution in [1.29, 1.82) is 0 Å². The molecule has 0 saturated carbocycles. The Morgan fingerprint density at radius 2 is 1.82 bits per heavy atom. The van der Waals surface area contributed by atoms with Gasteiger partial charge in [0.1, 0.15) is 0 Å². The van der Waals surface area contributed by atoms with Crippen molar-refractivity contribution < 1.29 is 0 Å². The van der Waals surface area contributed by atoms with E-state index in [1.807, 2.05) is 6.92 Å². The van der Waals surface area contributed by atoms with Gasteiger partial charge in [-0.1, -0.05) is 51.3 Å². The number of benzene rings is 1. The van der Waals surface area contributed by atoms with E-state index in [2.05, 4.69) is 54.0 Å². The summed E-state index contributed by atoms with van der Waals surface area (Å²) >= 11 is 11.6. The molecule has 1 atom stereocenters. The molecule has 1 unspecified atom stereocenters. The summed E-state index contributed by atoms with van der Waals surface area (Å²) in [5.41, 5.74) is 5.07. The lowest BCUT2D eigenvalue weighted by atomic mass is 10.0. The van der Waals surface area contributed by atoms with Gasteiger partial charge in [0.2, 0.25) is 0 Å². The van der Waals surface area contributed by atoms with Gasteiger partial charge in [0.15, 0.2) is 0 Å². The second-order valence-corrected chi connectivity index (χ2v) is 6.93. The van der Waals surface area contributed by atoms with E-state index in [4.69, 9.17) is 11.6 Å². The third-order valence-corrected chi connectivity index (χ3v) is 5.74. The van der Waals surface area contributed by atoms with Gasteiger partial charge in [-0.25, -0.2) is 0 Å². The van der Waals surface area contributed by atoms with Gasteiger partial charge in [0.25, 0.3) is 0 Å². The summed E-state index contributed by atoms with van der Waals surface area (Å²) in [6.07, 6.45) is 0. The van der Waals surface area contributed by atoms with Crippen LogP contribution in [0.25, 0.3) is 0 Å². The molecule has 3 heteroatoms. The van der Waals surface area contributed by atoms with Crippen LogP contribution in [-0.4, -0.2) is 0 Å². The van der Waals surface area contributed by atoms with E-state index in [0.717, 1.165) is 9.90 Å². The second-order valence-electron chi connectivity index (χ2n) is 4.33. The zero-order valence-electron chi connectivity index (χ0n) is 10.1. The molecule has 1 heterocycles. The molecule has 0 saturated heterocycles. The highest BCUT2D eigenvalue weighted by molar-refractivity contribution is 9.09. The molecule has 0 radical (unpaired) electrons. The Kier molecular flexibility index (Phi) is 3.96. The predicted octanol–water partition coefficient (Wildman–Crippen LogP) is 5.81. The minimum Gasteiger partial charge on any atom is -0.127 e. The molecule has 17 heavy (non-hydrogen) atoms. The van der Waals surface area contributed by atoms with E-state index in [1.165, 1.54) is 21.6 Å². The van der Waals surface area contributed by atoms with Crippen LogP contribution >= 0.6 is 38.9 Å². The summed E-state index contributed by atoms with van der Waals surface area (Å²) in [6.45, 7) is 6.31. The Hall–Kier alpha value is -0.310. The van der Waals surface area contributed by atoms with Crippen LogP contribution in [0.15, 0.2) is 24.3 Å². The van der Waals surface area contributed by atoms with Crippen LogP contribution < -0.4 is 0 Å². The molecule has 0 aliphatic rings. The fourth-order valence-corrected chi connectivity index (χ4v) is 3.92. The molecule has 0 aliphatic heterocycles.